The van der Waals surface area contributed by atoms with E-state index in [9.17, 15) is 0 Å². The van der Waals surface area contributed by atoms with Gasteiger partial charge in [-0.05, 0) is 92.5 Å². The van der Waals surface area contributed by atoms with Crippen LogP contribution in [0.25, 0.3) is 53.6 Å². The Hall–Kier alpha value is -6.22. The molecule has 0 atom stereocenters. The van der Waals surface area contributed by atoms with Crippen LogP contribution >= 0.6 is 11.3 Å². The van der Waals surface area contributed by atoms with E-state index in [0.717, 1.165) is 17.1 Å². The van der Waals surface area contributed by atoms with Gasteiger partial charge in [-0.15, -0.1) is 11.3 Å². The normalized spacial score (nSPS) is 13.3. The van der Waals surface area contributed by atoms with E-state index in [4.69, 9.17) is 0 Å². The number of anilines is 3. The lowest BCUT2D eigenvalue weighted by molar-refractivity contribution is 0.793. The summed E-state index contributed by atoms with van der Waals surface area (Å²) in [6.07, 6.45) is 0. The molecule has 1 heterocycles. The molecule has 0 bridgehead atoms. The Morgan fingerprint density at radius 2 is 0.882 bits per heavy atom. The van der Waals surface area contributed by atoms with E-state index in [2.05, 4.69) is 193 Å². The second-order valence-corrected chi connectivity index (χ2v) is 14.7. The lowest BCUT2D eigenvalue weighted by Crippen LogP contribution is -2.26. The van der Waals surface area contributed by atoms with Crippen molar-refractivity contribution in [3.8, 4) is 33.4 Å². The highest BCUT2D eigenvalue weighted by atomic mass is 32.1. The third-order valence-electron chi connectivity index (χ3n) is 11.1. The highest BCUT2D eigenvalue weighted by Crippen LogP contribution is 2.63. The van der Waals surface area contributed by atoms with Crippen molar-refractivity contribution in [3.05, 3.63) is 210 Å². The number of benzene rings is 8. The molecule has 0 saturated carbocycles. The molecule has 9 aromatic rings. The van der Waals surface area contributed by atoms with Crippen molar-refractivity contribution in [1.29, 1.82) is 0 Å². The predicted molar refractivity (Wildman–Crippen MR) is 216 cm³/mol. The largest absolute Gasteiger partial charge is 0.310 e. The van der Waals surface area contributed by atoms with Gasteiger partial charge in [0.15, 0.2) is 0 Å². The monoisotopic (exact) mass is 665 g/mol. The second-order valence-electron chi connectivity index (χ2n) is 13.6. The minimum atomic E-state index is -0.405. The molecular formula is C49H31NS. The minimum Gasteiger partial charge on any atom is -0.310 e. The topological polar surface area (TPSA) is 3.24 Å². The molecule has 0 fully saturated rings. The van der Waals surface area contributed by atoms with Crippen LogP contribution < -0.4 is 4.90 Å². The molecule has 2 heteroatoms. The van der Waals surface area contributed by atoms with Gasteiger partial charge in [0, 0.05) is 37.1 Å². The van der Waals surface area contributed by atoms with Crippen LogP contribution in [0.5, 0.6) is 0 Å². The minimum absolute atomic E-state index is 0.405. The maximum atomic E-state index is 2.48. The van der Waals surface area contributed by atoms with Crippen molar-refractivity contribution in [2.24, 2.45) is 0 Å². The molecule has 51 heavy (non-hydrogen) atoms. The zero-order chi connectivity index (χ0) is 33.5. The van der Waals surface area contributed by atoms with Crippen LogP contribution in [0, 0.1) is 0 Å². The van der Waals surface area contributed by atoms with Crippen molar-refractivity contribution in [1.82, 2.24) is 0 Å². The standard InChI is InChI=1S/C49H31NS/c1-2-15-32(16-3-1)50(45-26-12-7-20-38(45)39-22-14-28-47-48(39)40-21-8-13-27-46(40)51-47)33-29-30-37-36-19-6-11-25-43(36)49(44(37)31-33)41-23-9-4-17-34(41)35-18-5-10-24-42(35)49/h1-31H. The number of hydrogen-bond acceptors (Lipinski definition) is 2. The average molecular weight is 666 g/mol. The molecule has 0 saturated heterocycles. The Balaban J connectivity index is 1.20. The SMILES string of the molecule is c1ccc(N(c2ccc3c(c2)C2(c4ccccc4-c4ccccc42)c2ccccc2-3)c2ccccc2-c2cccc3sc4ccccc4c23)cc1. The summed E-state index contributed by atoms with van der Waals surface area (Å²) in [6.45, 7) is 0. The van der Waals surface area contributed by atoms with Crippen molar-refractivity contribution in [2.45, 2.75) is 5.41 Å². The Labute approximate surface area is 301 Å². The molecule has 2 aliphatic carbocycles. The molecule has 0 aliphatic heterocycles. The van der Waals surface area contributed by atoms with Gasteiger partial charge >= 0.3 is 0 Å². The first-order chi connectivity index (χ1) is 25.3. The van der Waals surface area contributed by atoms with Gasteiger partial charge in [-0.25, -0.2) is 0 Å². The Kier molecular flexibility index (Phi) is 6.11. The van der Waals surface area contributed by atoms with E-state index in [1.165, 1.54) is 75.8 Å². The molecule has 1 aromatic heterocycles. The lowest BCUT2D eigenvalue weighted by atomic mass is 9.70. The van der Waals surface area contributed by atoms with E-state index in [1.807, 2.05) is 11.3 Å². The molecule has 0 radical (unpaired) electrons. The van der Waals surface area contributed by atoms with Crippen molar-refractivity contribution < 1.29 is 0 Å². The third kappa shape index (κ3) is 3.91. The first kappa shape index (κ1) is 28.6. The molecule has 238 valence electrons. The van der Waals surface area contributed by atoms with Crippen LogP contribution in [0.1, 0.15) is 22.3 Å². The maximum absolute atomic E-state index is 2.48. The maximum Gasteiger partial charge on any atom is 0.0726 e. The fraction of sp³-hybridized carbons (Fsp3) is 0.0204. The molecule has 2 aliphatic rings. The van der Waals surface area contributed by atoms with Crippen LogP contribution in [0.15, 0.2) is 188 Å². The zero-order valence-corrected chi connectivity index (χ0v) is 28.6. The van der Waals surface area contributed by atoms with Crippen molar-refractivity contribution in [3.63, 3.8) is 0 Å². The van der Waals surface area contributed by atoms with Gasteiger partial charge in [0.2, 0.25) is 0 Å². The van der Waals surface area contributed by atoms with Gasteiger partial charge in [-0.1, -0.05) is 146 Å². The summed E-state index contributed by atoms with van der Waals surface area (Å²) in [7, 11) is 0. The van der Waals surface area contributed by atoms with Gasteiger partial charge in [-0.2, -0.15) is 0 Å². The van der Waals surface area contributed by atoms with E-state index in [0.29, 0.717) is 0 Å². The summed E-state index contributed by atoms with van der Waals surface area (Å²) in [5, 5.41) is 2.63. The quantitative estimate of drug-likeness (QED) is 0.181. The first-order valence-electron chi connectivity index (χ1n) is 17.6. The van der Waals surface area contributed by atoms with Gasteiger partial charge in [0.1, 0.15) is 0 Å². The highest BCUT2D eigenvalue weighted by molar-refractivity contribution is 7.25. The molecule has 8 aromatic carbocycles. The molecule has 1 nitrogen and oxygen atoms in total. The van der Waals surface area contributed by atoms with Gasteiger partial charge in [-0.3, -0.25) is 0 Å². The number of hydrogen-bond donors (Lipinski definition) is 0. The van der Waals surface area contributed by atoms with Crippen LogP contribution in [0.3, 0.4) is 0 Å². The van der Waals surface area contributed by atoms with E-state index in [-0.39, 0.29) is 0 Å². The van der Waals surface area contributed by atoms with E-state index in [1.54, 1.807) is 0 Å². The Morgan fingerprint density at radius 1 is 0.353 bits per heavy atom. The zero-order valence-electron chi connectivity index (χ0n) is 27.8. The van der Waals surface area contributed by atoms with Crippen LogP contribution in [0.2, 0.25) is 0 Å². The summed E-state index contributed by atoms with van der Waals surface area (Å²) < 4.78 is 2.63. The van der Waals surface area contributed by atoms with Crippen LogP contribution in [-0.2, 0) is 5.41 Å². The summed E-state index contributed by atoms with van der Waals surface area (Å²) in [6, 6.07) is 69.7. The molecule has 1 spiro atoms. The van der Waals surface area contributed by atoms with Crippen LogP contribution in [0.4, 0.5) is 17.1 Å². The lowest BCUT2D eigenvalue weighted by Gasteiger charge is -2.32. The summed E-state index contributed by atoms with van der Waals surface area (Å²) in [4.78, 5) is 2.46. The van der Waals surface area contributed by atoms with Crippen LogP contribution in [-0.4, -0.2) is 0 Å². The number of rotatable bonds is 4. The average Bonchev–Trinajstić information content (AvgIpc) is 3.83. The second kappa shape index (κ2) is 10.9. The fourth-order valence-corrected chi connectivity index (χ4v) is 10.3. The molecular weight excluding hydrogens is 635 g/mol. The van der Waals surface area contributed by atoms with Crippen molar-refractivity contribution in [2.75, 3.05) is 4.90 Å². The molecule has 0 amide bonds. The van der Waals surface area contributed by atoms with E-state index >= 15 is 0 Å². The summed E-state index contributed by atoms with van der Waals surface area (Å²) in [5.41, 5.74) is 16.2. The third-order valence-corrected chi connectivity index (χ3v) is 12.2. The fourth-order valence-electron chi connectivity index (χ4n) is 9.12. The Bertz CT molecular complexity index is 2760. The number of nitrogens with zero attached hydrogens (tertiary/aromatic N) is 1. The van der Waals surface area contributed by atoms with Gasteiger partial charge in [0.05, 0.1) is 11.1 Å². The summed E-state index contributed by atoms with van der Waals surface area (Å²) >= 11 is 1.87. The highest BCUT2D eigenvalue weighted by Gasteiger charge is 2.51. The molecule has 0 unspecified atom stereocenters. The summed E-state index contributed by atoms with van der Waals surface area (Å²) in [5.74, 6) is 0. The first-order valence-corrected chi connectivity index (χ1v) is 18.4. The van der Waals surface area contributed by atoms with Gasteiger partial charge < -0.3 is 4.90 Å². The molecule has 0 N–H and O–H groups in total. The number of fused-ring (bicyclic) bond motifs is 13. The number of para-hydroxylation sites is 2. The van der Waals surface area contributed by atoms with E-state index < -0.39 is 5.41 Å². The van der Waals surface area contributed by atoms with Crippen molar-refractivity contribution >= 4 is 48.6 Å². The predicted octanol–water partition coefficient (Wildman–Crippen LogP) is 13.5. The molecule has 11 rings (SSSR count). The Morgan fingerprint density at radius 3 is 1.59 bits per heavy atom. The van der Waals surface area contributed by atoms with Gasteiger partial charge in [0.25, 0.3) is 0 Å². The number of thiophene rings is 1. The smallest absolute Gasteiger partial charge is 0.0726 e.